The molecule has 0 saturated carbocycles. The molecule has 1 aromatic rings. The van der Waals surface area contributed by atoms with Gasteiger partial charge < -0.3 is 14.4 Å². The Kier molecular flexibility index (Phi) is 3.02. The van der Waals surface area contributed by atoms with Crippen molar-refractivity contribution in [3.63, 3.8) is 0 Å². The van der Waals surface area contributed by atoms with Crippen LogP contribution in [0.15, 0.2) is 4.52 Å². The zero-order valence-electron chi connectivity index (χ0n) is 8.90. The van der Waals surface area contributed by atoms with E-state index in [9.17, 15) is 5.11 Å². The summed E-state index contributed by atoms with van der Waals surface area (Å²) in [5.74, 6) is 1.22. The summed E-state index contributed by atoms with van der Waals surface area (Å²) in [6, 6.07) is 0. The average molecular weight is 212 g/mol. The molecule has 15 heavy (non-hydrogen) atoms. The third-order valence-corrected chi connectivity index (χ3v) is 2.73. The molecule has 0 spiro atoms. The summed E-state index contributed by atoms with van der Waals surface area (Å²) in [5.41, 5.74) is -0.726. The van der Waals surface area contributed by atoms with E-state index in [4.69, 9.17) is 9.26 Å². The van der Waals surface area contributed by atoms with Crippen LogP contribution >= 0.6 is 0 Å². The molecule has 2 heterocycles. The number of ether oxygens (including phenoxy) is 1. The Labute approximate surface area is 88.4 Å². The molecule has 0 aliphatic carbocycles. The predicted molar refractivity (Wildman–Crippen MR) is 52.4 cm³/mol. The highest BCUT2D eigenvalue weighted by molar-refractivity contribution is 4.94. The minimum absolute atomic E-state index is 0.434. The maximum absolute atomic E-state index is 10.2. The van der Waals surface area contributed by atoms with Gasteiger partial charge in [-0.2, -0.15) is 4.98 Å². The standard InChI is InChI=1S/C10H16N2O3/c1-2-8-11-9(15-12-8)7-10(13)3-5-14-6-4-10/h13H,2-7H2,1H3. The van der Waals surface area contributed by atoms with Crippen LogP contribution in [0.25, 0.3) is 0 Å². The zero-order chi connectivity index (χ0) is 10.7. The van der Waals surface area contributed by atoms with Gasteiger partial charge in [-0.3, -0.25) is 0 Å². The Bertz CT molecular complexity index is 318. The fourth-order valence-electron chi connectivity index (χ4n) is 1.72. The highest BCUT2D eigenvalue weighted by atomic mass is 16.5. The molecule has 1 N–H and O–H groups in total. The molecule has 1 aliphatic rings. The summed E-state index contributed by atoms with van der Waals surface area (Å²) < 4.78 is 10.3. The maximum Gasteiger partial charge on any atom is 0.229 e. The van der Waals surface area contributed by atoms with Crippen molar-refractivity contribution in [2.45, 2.75) is 38.2 Å². The fraction of sp³-hybridized carbons (Fsp3) is 0.800. The molecule has 0 aromatic carbocycles. The quantitative estimate of drug-likeness (QED) is 0.799. The van der Waals surface area contributed by atoms with Gasteiger partial charge >= 0.3 is 0 Å². The third kappa shape index (κ3) is 2.54. The van der Waals surface area contributed by atoms with Crippen molar-refractivity contribution in [3.05, 3.63) is 11.7 Å². The van der Waals surface area contributed by atoms with Crippen LogP contribution in [0, 0.1) is 0 Å². The highest BCUT2D eigenvalue weighted by Gasteiger charge is 2.32. The van der Waals surface area contributed by atoms with Crippen LogP contribution in [0.2, 0.25) is 0 Å². The molecular formula is C10H16N2O3. The number of aliphatic hydroxyl groups is 1. The van der Waals surface area contributed by atoms with Crippen LogP contribution in [0.5, 0.6) is 0 Å². The second kappa shape index (κ2) is 4.28. The molecule has 5 heteroatoms. The molecule has 2 rings (SSSR count). The molecule has 0 unspecified atom stereocenters. The molecule has 0 atom stereocenters. The number of hydrogen-bond donors (Lipinski definition) is 1. The molecule has 1 saturated heterocycles. The van der Waals surface area contributed by atoms with Gasteiger partial charge in [-0.05, 0) is 0 Å². The molecule has 0 radical (unpaired) electrons. The number of aryl methyl sites for hydroxylation is 1. The monoisotopic (exact) mass is 212 g/mol. The summed E-state index contributed by atoms with van der Waals surface area (Å²) in [6.45, 7) is 3.17. The van der Waals surface area contributed by atoms with E-state index < -0.39 is 5.60 Å². The predicted octanol–water partition coefficient (Wildman–Crippen LogP) is 0.716. The van der Waals surface area contributed by atoms with Crippen LogP contribution in [-0.4, -0.2) is 34.1 Å². The van der Waals surface area contributed by atoms with Crippen molar-refractivity contribution in [2.75, 3.05) is 13.2 Å². The second-order valence-electron chi connectivity index (χ2n) is 3.97. The minimum atomic E-state index is -0.726. The third-order valence-electron chi connectivity index (χ3n) is 2.73. The summed E-state index contributed by atoms with van der Waals surface area (Å²) in [7, 11) is 0. The van der Waals surface area contributed by atoms with Gasteiger partial charge in [0.15, 0.2) is 5.82 Å². The fourth-order valence-corrected chi connectivity index (χ4v) is 1.72. The van der Waals surface area contributed by atoms with E-state index in [1.807, 2.05) is 6.92 Å². The van der Waals surface area contributed by atoms with Crippen molar-refractivity contribution in [3.8, 4) is 0 Å². The second-order valence-corrected chi connectivity index (χ2v) is 3.97. The Morgan fingerprint density at radius 2 is 2.13 bits per heavy atom. The van der Waals surface area contributed by atoms with Crippen LogP contribution in [0.4, 0.5) is 0 Å². The van der Waals surface area contributed by atoms with E-state index in [1.165, 1.54) is 0 Å². The molecular weight excluding hydrogens is 196 g/mol. The Hall–Kier alpha value is -0.940. The van der Waals surface area contributed by atoms with Crippen molar-refractivity contribution in [1.82, 2.24) is 10.1 Å². The molecule has 1 aliphatic heterocycles. The molecule has 0 bridgehead atoms. The minimum Gasteiger partial charge on any atom is -0.389 e. The van der Waals surface area contributed by atoms with Gasteiger partial charge in [0, 0.05) is 32.5 Å². The lowest BCUT2D eigenvalue weighted by atomic mass is 9.91. The topological polar surface area (TPSA) is 68.4 Å². The van der Waals surface area contributed by atoms with Crippen LogP contribution in [0.3, 0.4) is 0 Å². The first-order chi connectivity index (χ1) is 7.22. The normalized spacial score (nSPS) is 20.4. The number of nitrogens with zero attached hydrogens (tertiary/aromatic N) is 2. The zero-order valence-corrected chi connectivity index (χ0v) is 8.90. The van der Waals surface area contributed by atoms with Crippen LogP contribution < -0.4 is 0 Å². The van der Waals surface area contributed by atoms with Gasteiger partial charge in [-0.25, -0.2) is 0 Å². The first-order valence-electron chi connectivity index (χ1n) is 5.33. The number of hydrogen-bond acceptors (Lipinski definition) is 5. The smallest absolute Gasteiger partial charge is 0.229 e. The Morgan fingerprint density at radius 1 is 1.40 bits per heavy atom. The average Bonchev–Trinajstić information content (AvgIpc) is 2.66. The SMILES string of the molecule is CCc1noc(CC2(O)CCOCC2)n1. The first kappa shape index (κ1) is 10.6. The van der Waals surface area contributed by atoms with Gasteiger partial charge in [-0.1, -0.05) is 12.1 Å². The van der Waals surface area contributed by atoms with E-state index in [0.29, 0.717) is 44.2 Å². The van der Waals surface area contributed by atoms with Crippen molar-refractivity contribution in [2.24, 2.45) is 0 Å². The number of rotatable bonds is 3. The van der Waals surface area contributed by atoms with Crippen molar-refractivity contribution in [1.29, 1.82) is 0 Å². The lowest BCUT2D eigenvalue weighted by molar-refractivity contribution is -0.0660. The van der Waals surface area contributed by atoms with E-state index in [-0.39, 0.29) is 0 Å². The lowest BCUT2D eigenvalue weighted by Gasteiger charge is -2.30. The van der Waals surface area contributed by atoms with Gasteiger partial charge in [0.05, 0.1) is 12.0 Å². The molecule has 5 nitrogen and oxygen atoms in total. The van der Waals surface area contributed by atoms with Gasteiger partial charge in [0.1, 0.15) is 0 Å². The van der Waals surface area contributed by atoms with Crippen molar-refractivity contribution < 1.29 is 14.4 Å². The van der Waals surface area contributed by atoms with E-state index in [1.54, 1.807) is 0 Å². The first-order valence-corrected chi connectivity index (χ1v) is 5.33. The number of aromatic nitrogens is 2. The molecule has 84 valence electrons. The van der Waals surface area contributed by atoms with E-state index in [0.717, 1.165) is 6.42 Å². The van der Waals surface area contributed by atoms with Gasteiger partial charge in [0.2, 0.25) is 5.89 Å². The van der Waals surface area contributed by atoms with Gasteiger partial charge in [0.25, 0.3) is 0 Å². The summed E-state index contributed by atoms with van der Waals surface area (Å²) in [5, 5.41) is 14.0. The molecule has 0 amide bonds. The largest absolute Gasteiger partial charge is 0.389 e. The van der Waals surface area contributed by atoms with E-state index >= 15 is 0 Å². The molecule has 1 aromatic heterocycles. The summed E-state index contributed by atoms with van der Waals surface area (Å²) in [4.78, 5) is 4.19. The van der Waals surface area contributed by atoms with Crippen LogP contribution in [-0.2, 0) is 17.6 Å². The Morgan fingerprint density at radius 3 is 2.73 bits per heavy atom. The van der Waals surface area contributed by atoms with Gasteiger partial charge in [-0.15, -0.1) is 0 Å². The lowest BCUT2D eigenvalue weighted by Crippen LogP contribution is -2.38. The van der Waals surface area contributed by atoms with Crippen LogP contribution in [0.1, 0.15) is 31.5 Å². The maximum atomic E-state index is 10.2. The summed E-state index contributed by atoms with van der Waals surface area (Å²) in [6.07, 6.45) is 2.46. The van der Waals surface area contributed by atoms with E-state index in [2.05, 4.69) is 10.1 Å². The Balaban J connectivity index is 2.00. The molecule has 1 fully saturated rings. The summed E-state index contributed by atoms with van der Waals surface area (Å²) >= 11 is 0. The highest BCUT2D eigenvalue weighted by Crippen LogP contribution is 2.24. The van der Waals surface area contributed by atoms with Crippen molar-refractivity contribution >= 4 is 0 Å².